The van der Waals surface area contributed by atoms with Gasteiger partial charge in [-0.3, -0.25) is 9.69 Å². The van der Waals surface area contributed by atoms with Gasteiger partial charge in [-0.2, -0.15) is 0 Å². The van der Waals surface area contributed by atoms with Crippen LogP contribution in [0, 0.1) is 5.41 Å². The van der Waals surface area contributed by atoms with Gasteiger partial charge in [0.2, 0.25) is 5.91 Å². The monoisotopic (exact) mass is 282 g/mol. The third-order valence-corrected chi connectivity index (χ3v) is 4.88. The van der Waals surface area contributed by atoms with Crippen molar-refractivity contribution in [2.24, 2.45) is 16.3 Å². The molecule has 2 fully saturated rings. The molecule has 0 aromatic carbocycles. The van der Waals surface area contributed by atoms with E-state index in [0.29, 0.717) is 12.8 Å². The molecule has 1 saturated carbocycles. The van der Waals surface area contributed by atoms with Gasteiger partial charge in [-0.1, -0.05) is 19.0 Å². The lowest BCUT2D eigenvalue weighted by Crippen LogP contribution is -2.56. The van der Waals surface area contributed by atoms with E-state index in [0.717, 1.165) is 32.2 Å². The van der Waals surface area contributed by atoms with Gasteiger partial charge in [0.25, 0.3) is 0 Å². The van der Waals surface area contributed by atoms with Crippen molar-refractivity contribution >= 4 is 11.7 Å². The Morgan fingerprint density at radius 3 is 2.20 bits per heavy atom. The Kier molecular flexibility index (Phi) is 4.52. The molecule has 2 rings (SSSR count). The number of carbonyl (C=O) groups is 1. The first-order valence-corrected chi connectivity index (χ1v) is 7.60. The van der Waals surface area contributed by atoms with Crippen molar-refractivity contribution < 1.29 is 10.0 Å². The molecule has 1 aliphatic carbocycles. The molecular weight excluding hydrogens is 256 g/mol. The Morgan fingerprint density at radius 1 is 1.25 bits per heavy atom. The van der Waals surface area contributed by atoms with Crippen LogP contribution in [0.3, 0.4) is 0 Å². The summed E-state index contributed by atoms with van der Waals surface area (Å²) in [6, 6.07) is 0.749. The van der Waals surface area contributed by atoms with Crippen molar-refractivity contribution in [2.45, 2.75) is 45.6 Å². The molecule has 1 aliphatic heterocycles. The van der Waals surface area contributed by atoms with Crippen LogP contribution in [-0.2, 0) is 4.79 Å². The number of hydrogen-bond donors (Lipinski definition) is 2. The summed E-state index contributed by atoms with van der Waals surface area (Å²) in [4.78, 5) is 17.2. The third-order valence-electron chi connectivity index (χ3n) is 4.88. The molecule has 114 valence electrons. The Balaban J connectivity index is 2.04. The predicted octanol–water partition coefficient (Wildman–Crippen LogP) is 0.846. The first-order chi connectivity index (χ1) is 9.58. The van der Waals surface area contributed by atoms with Crippen LogP contribution in [0.4, 0.5) is 0 Å². The molecule has 0 aromatic rings. The van der Waals surface area contributed by atoms with Crippen molar-refractivity contribution in [3.05, 3.63) is 0 Å². The van der Waals surface area contributed by atoms with Crippen LogP contribution in [-0.4, -0.2) is 59.0 Å². The maximum atomic E-state index is 12.8. The smallest absolute Gasteiger partial charge is 0.236 e. The predicted molar refractivity (Wildman–Crippen MR) is 77.6 cm³/mol. The molecule has 2 aliphatic rings. The van der Waals surface area contributed by atoms with Gasteiger partial charge < -0.3 is 15.8 Å². The molecular formula is C14H26N4O2. The van der Waals surface area contributed by atoms with E-state index in [1.807, 2.05) is 18.7 Å². The number of nitrogens with two attached hydrogens (primary N) is 1. The van der Waals surface area contributed by atoms with Gasteiger partial charge in [-0.15, -0.1) is 0 Å². The summed E-state index contributed by atoms with van der Waals surface area (Å²) in [7, 11) is 0. The van der Waals surface area contributed by atoms with Crippen LogP contribution in [0.25, 0.3) is 0 Å². The van der Waals surface area contributed by atoms with Crippen LogP contribution in [0.2, 0.25) is 0 Å². The van der Waals surface area contributed by atoms with Crippen LogP contribution in [0.5, 0.6) is 0 Å². The molecule has 0 aromatic heterocycles. The van der Waals surface area contributed by atoms with E-state index in [1.165, 1.54) is 12.8 Å². The van der Waals surface area contributed by atoms with Gasteiger partial charge in [-0.25, -0.2) is 0 Å². The van der Waals surface area contributed by atoms with Crippen molar-refractivity contribution in [1.29, 1.82) is 0 Å². The topological polar surface area (TPSA) is 82.2 Å². The summed E-state index contributed by atoms with van der Waals surface area (Å²) in [5, 5.41) is 12.1. The quantitative estimate of drug-likeness (QED) is 0.339. The average Bonchev–Trinajstić information content (AvgIpc) is 3.33. The van der Waals surface area contributed by atoms with Gasteiger partial charge in [-0.05, 0) is 25.7 Å². The Morgan fingerprint density at radius 2 is 1.80 bits per heavy atom. The molecule has 1 saturated heterocycles. The number of carbonyl (C=O) groups excluding carboxylic acids is 1. The molecule has 0 bridgehead atoms. The lowest BCUT2D eigenvalue weighted by molar-refractivity contribution is -0.140. The summed E-state index contributed by atoms with van der Waals surface area (Å²) in [5.74, 6) is 0.0466. The minimum absolute atomic E-state index is 0.00764. The van der Waals surface area contributed by atoms with Gasteiger partial charge >= 0.3 is 0 Å². The van der Waals surface area contributed by atoms with Gasteiger partial charge in [0, 0.05) is 32.2 Å². The van der Waals surface area contributed by atoms with Crippen molar-refractivity contribution in [2.75, 3.05) is 26.2 Å². The van der Waals surface area contributed by atoms with Crippen LogP contribution in [0.1, 0.15) is 39.5 Å². The van der Waals surface area contributed by atoms with Gasteiger partial charge in [0.1, 0.15) is 5.41 Å². The fourth-order valence-electron chi connectivity index (χ4n) is 3.15. The average molecular weight is 282 g/mol. The minimum Gasteiger partial charge on any atom is -0.409 e. The van der Waals surface area contributed by atoms with E-state index < -0.39 is 5.41 Å². The number of hydrogen-bond acceptors (Lipinski definition) is 4. The molecule has 0 unspecified atom stereocenters. The van der Waals surface area contributed by atoms with Gasteiger partial charge in [0.05, 0.1) is 0 Å². The maximum absolute atomic E-state index is 12.8. The van der Waals surface area contributed by atoms with Crippen LogP contribution < -0.4 is 5.73 Å². The van der Waals surface area contributed by atoms with Crippen molar-refractivity contribution in [1.82, 2.24) is 9.80 Å². The molecule has 0 radical (unpaired) electrons. The van der Waals surface area contributed by atoms with E-state index in [4.69, 9.17) is 10.9 Å². The summed E-state index contributed by atoms with van der Waals surface area (Å²) in [6.07, 6.45) is 3.71. The Bertz CT molecular complexity index is 381. The van der Waals surface area contributed by atoms with E-state index >= 15 is 0 Å². The molecule has 0 spiro atoms. The SMILES string of the molecule is CCC(CC)(C(=O)N1CCN(C2CC2)CC1)C(N)=NO. The van der Waals surface area contributed by atoms with Gasteiger partial charge in [0.15, 0.2) is 5.84 Å². The highest BCUT2D eigenvalue weighted by Gasteiger charge is 2.43. The largest absolute Gasteiger partial charge is 0.409 e. The Labute approximate surface area is 120 Å². The lowest BCUT2D eigenvalue weighted by Gasteiger charge is -2.40. The Hall–Kier alpha value is -1.30. The summed E-state index contributed by atoms with van der Waals surface area (Å²) in [5.41, 5.74) is 4.96. The van der Waals surface area contributed by atoms with Crippen molar-refractivity contribution in [3.63, 3.8) is 0 Å². The molecule has 3 N–H and O–H groups in total. The zero-order chi connectivity index (χ0) is 14.8. The fourth-order valence-corrected chi connectivity index (χ4v) is 3.15. The summed E-state index contributed by atoms with van der Waals surface area (Å²) in [6.45, 7) is 7.21. The lowest BCUT2D eigenvalue weighted by atomic mass is 9.79. The number of amidine groups is 1. The molecule has 6 heteroatoms. The molecule has 6 nitrogen and oxygen atoms in total. The summed E-state index contributed by atoms with van der Waals surface area (Å²) >= 11 is 0. The first-order valence-electron chi connectivity index (χ1n) is 7.60. The zero-order valence-corrected chi connectivity index (χ0v) is 12.5. The maximum Gasteiger partial charge on any atom is 0.236 e. The molecule has 0 atom stereocenters. The second-order valence-corrected chi connectivity index (χ2v) is 5.83. The number of amides is 1. The van der Waals surface area contributed by atoms with E-state index in [-0.39, 0.29) is 11.7 Å². The van der Waals surface area contributed by atoms with E-state index in [1.54, 1.807) is 0 Å². The minimum atomic E-state index is -0.851. The zero-order valence-electron chi connectivity index (χ0n) is 12.5. The van der Waals surface area contributed by atoms with Crippen molar-refractivity contribution in [3.8, 4) is 0 Å². The highest BCUT2D eigenvalue weighted by Crippen LogP contribution is 2.32. The van der Waals surface area contributed by atoms with E-state index in [9.17, 15) is 4.79 Å². The molecule has 1 amide bonds. The second-order valence-electron chi connectivity index (χ2n) is 5.83. The highest BCUT2D eigenvalue weighted by molar-refractivity contribution is 6.06. The second kappa shape index (κ2) is 5.99. The van der Waals surface area contributed by atoms with Crippen LogP contribution in [0.15, 0.2) is 5.16 Å². The first kappa shape index (κ1) is 15.1. The summed E-state index contributed by atoms with van der Waals surface area (Å²) < 4.78 is 0. The third kappa shape index (κ3) is 2.61. The normalized spacial score (nSPS) is 22.1. The highest BCUT2D eigenvalue weighted by atomic mass is 16.4. The number of piperazine rings is 1. The van der Waals surface area contributed by atoms with Crippen LogP contribution >= 0.6 is 0 Å². The standard InChI is InChI=1S/C14H26N4O2/c1-3-14(4-2,12(15)16-20)13(19)18-9-7-17(8-10-18)11-5-6-11/h11,20H,3-10H2,1-2H3,(H2,15,16). The number of oxime groups is 1. The molecule has 1 heterocycles. The number of nitrogens with zero attached hydrogens (tertiary/aromatic N) is 3. The number of rotatable bonds is 5. The van der Waals surface area contributed by atoms with E-state index in [2.05, 4.69) is 10.1 Å². The molecule has 20 heavy (non-hydrogen) atoms. The fraction of sp³-hybridized carbons (Fsp3) is 0.857.